The third kappa shape index (κ3) is 5.79. The van der Waals surface area contributed by atoms with E-state index in [1.807, 2.05) is 6.07 Å². The lowest BCUT2D eigenvalue weighted by molar-refractivity contribution is -0.384. The van der Waals surface area contributed by atoms with Gasteiger partial charge in [0.1, 0.15) is 17.3 Å². The number of nitro benzene ring substituents is 1. The quantitative estimate of drug-likeness (QED) is 0.447. The van der Waals surface area contributed by atoms with Crippen molar-refractivity contribution in [3.05, 3.63) is 64.0 Å². The topological polar surface area (TPSA) is 132 Å². The van der Waals surface area contributed by atoms with Crippen LogP contribution in [0.2, 0.25) is 0 Å². The Kier molecular flexibility index (Phi) is 6.38. The van der Waals surface area contributed by atoms with Crippen molar-refractivity contribution in [1.82, 2.24) is 0 Å². The molecule has 0 aliphatic carbocycles. The first-order chi connectivity index (χ1) is 12.9. The third-order valence-electron chi connectivity index (χ3n) is 3.13. The molecule has 2 aromatic carbocycles. The number of hydrogen-bond acceptors (Lipinski definition) is 7. The molecule has 1 amide bonds. The Bertz CT molecular complexity index is 908. The van der Waals surface area contributed by atoms with Gasteiger partial charge in [-0.05, 0) is 36.4 Å². The molecule has 0 fully saturated rings. The molecule has 0 radical (unpaired) electrons. The van der Waals surface area contributed by atoms with Gasteiger partial charge < -0.3 is 14.8 Å². The van der Waals surface area contributed by atoms with Crippen LogP contribution < -0.4 is 10.1 Å². The van der Waals surface area contributed by atoms with Gasteiger partial charge in [0.05, 0.1) is 22.6 Å². The van der Waals surface area contributed by atoms with Crippen molar-refractivity contribution in [2.24, 2.45) is 0 Å². The number of nitrogens with one attached hydrogen (secondary N) is 1. The van der Waals surface area contributed by atoms with Crippen LogP contribution in [0.25, 0.3) is 0 Å². The van der Waals surface area contributed by atoms with E-state index in [-0.39, 0.29) is 5.69 Å². The summed E-state index contributed by atoms with van der Waals surface area (Å²) in [5.74, 6) is -2.18. The molecule has 0 saturated carbocycles. The molecule has 0 aliphatic rings. The SMILES string of the molecule is N#Cc1ccc(OCC(=O)OCC(=O)Nc2ccc(F)cc2[N+](=O)[O-])cc1. The number of rotatable bonds is 7. The molecule has 2 aromatic rings. The number of carbonyl (C=O) groups is 2. The van der Waals surface area contributed by atoms with Gasteiger partial charge >= 0.3 is 5.97 Å². The summed E-state index contributed by atoms with van der Waals surface area (Å²) in [5.41, 5.74) is -0.424. The highest BCUT2D eigenvalue weighted by molar-refractivity contribution is 5.94. The summed E-state index contributed by atoms with van der Waals surface area (Å²) < 4.78 is 22.9. The van der Waals surface area contributed by atoms with Crippen molar-refractivity contribution in [3.8, 4) is 11.8 Å². The van der Waals surface area contributed by atoms with Crippen molar-refractivity contribution in [1.29, 1.82) is 5.26 Å². The van der Waals surface area contributed by atoms with Gasteiger partial charge in [-0.1, -0.05) is 0 Å². The molecule has 0 unspecified atom stereocenters. The van der Waals surface area contributed by atoms with E-state index in [2.05, 4.69) is 5.32 Å². The van der Waals surface area contributed by atoms with Crippen LogP contribution in [0.4, 0.5) is 15.8 Å². The number of halogens is 1. The fourth-order valence-electron chi connectivity index (χ4n) is 1.90. The first-order valence-corrected chi connectivity index (χ1v) is 7.41. The Morgan fingerprint density at radius 3 is 2.52 bits per heavy atom. The molecule has 0 saturated heterocycles. The van der Waals surface area contributed by atoms with E-state index in [9.17, 15) is 24.1 Å². The zero-order valence-electron chi connectivity index (χ0n) is 13.7. The van der Waals surface area contributed by atoms with Gasteiger partial charge in [-0.3, -0.25) is 14.9 Å². The monoisotopic (exact) mass is 373 g/mol. The van der Waals surface area contributed by atoms with Crippen LogP contribution in [0, 0.1) is 27.3 Å². The highest BCUT2D eigenvalue weighted by Gasteiger charge is 2.17. The molecule has 9 nitrogen and oxygen atoms in total. The van der Waals surface area contributed by atoms with Gasteiger partial charge in [-0.15, -0.1) is 0 Å². The van der Waals surface area contributed by atoms with Crippen LogP contribution in [0.3, 0.4) is 0 Å². The number of esters is 1. The molecule has 0 aromatic heterocycles. The van der Waals surface area contributed by atoms with Gasteiger partial charge in [0.15, 0.2) is 13.2 Å². The van der Waals surface area contributed by atoms with Crippen LogP contribution in [0.15, 0.2) is 42.5 Å². The Morgan fingerprint density at radius 2 is 1.89 bits per heavy atom. The van der Waals surface area contributed by atoms with Crippen LogP contribution in [0.1, 0.15) is 5.56 Å². The molecule has 0 heterocycles. The second-order valence-corrected chi connectivity index (χ2v) is 5.05. The number of nitrogens with zero attached hydrogens (tertiary/aromatic N) is 2. The van der Waals surface area contributed by atoms with Crippen molar-refractivity contribution >= 4 is 23.3 Å². The van der Waals surface area contributed by atoms with E-state index >= 15 is 0 Å². The number of carbonyl (C=O) groups excluding carboxylic acids is 2. The van der Waals surface area contributed by atoms with Crippen molar-refractivity contribution < 1.29 is 28.4 Å². The van der Waals surface area contributed by atoms with Gasteiger partial charge in [-0.25, -0.2) is 9.18 Å². The number of nitriles is 1. The maximum Gasteiger partial charge on any atom is 0.344 e. The Labute approximate surface area is 152 Å². The predicted molar refractivity (Wildman–Crippen MR) is 89.3 cm³/mol. The zero-order valence-corrected chi connectivity index (χ0v) is 13.7. The molecule has 1 N–H and O–H groups in total. The van der Waals surface area contributed by atoms with E-state index < -0.39 is 41.5 Å². The molecule has 0 bridgehead atoms. The van der Waals surface area contributed by atoms with Gasteiger partial charge in [0.2, 0.25) is 0 Å². The standard InChI is InChI=1S/C17H12FN3O6/c18-12-3-6-14(15(7-12)21(24)25)20-16(22)9-27-17(23)10-26-13-4-1-11(8-19)2-5-13/h1-7H,9-10H2,(H,20,22). The zero-order chi connectivity index (χ0) is 19.8. The summed E-state index contributed by atoms with van der Waals surface area (Å²) in [7, 11) is 0. The molecule has 10 heteroatoms. The average molecular weight is 373 g/mol. The molecule has 0 aliphatic heterocycles. The number of ether oxygens (including phenoxy) is 2. The lowest BCUT2D eigenvalue weighted by atomic mass is 10.2. The second-order valence-electron chi connectivity index (χ2n) is 5.05. The van der Waals surface area contributed by atoms with Crippen LogP contribution in [-0.2, 0) is 14.3 Å². The van der Waals surface area contributed by atoms with E-state index in [0.717, 1.165) is 12.1 Å². The van der Waals surface area contributed by atoms with E-state index in [1.54, 1.807) is 0 Å². The second kappa shape index (κ2) is 8.91. The number of hydrogen-bond donors (Lipinski definition) is 1. The molecule has 2 rings (SSSR count). The molecular weight excluding hydrogens is 361 g/mol. The molecule has 138 valence electrons. The minimum absolute atomic E-state index is 0.226. The first-order valence-electron chi connectivity index (χ1n) is 7.41. The number of anilines is 1. The lowest BCUT2D eigenvalue weighted by Gasteiger charge is -2.08. The first kappa shape index (κ1) is 19.3. The summed E-state index contributed by atoms with van der Waals surface area (Å²) in [6.07, 6.45) is 0. The van der Waals surface area contributed by atoms with Crippen molar-refractivity contribution in [2.75, 3.05) is 18.5 Å². The van der Waals surface area contributed by atoms with Gasteiger partial charge in [-0.2, -0.15) is 5.26 Å². The smallest absolute Gasteiger partial charge is 0.344 e. The van der Waals surface area contributed by atoms with Crippen LogP contribution in [-0.4, -0.2) is 30.0 Å². The number of benzene rings is 2. The third-order valence-corrected chi connectivity index (χ3v) is 3.13. The molecule has 0 atom stereocenters. The Morgan fingerprint density at radius 1 is 1.19 bits per heavy atom. The lowest BCUT2D eigenvalue weighted by Crippen LogP contribution is -2.24. The average Bonchev–Trinajstić information content (AvgIpc) is 2.66. The van der Waals surface area contributed by atoms with E-state index in [1.165, 1.54) is 24.3 Å². The van der Waals surface area contributed by atoms with Crippen molar-refractivity contribution in [2.45, 2.75) is 0 Å². The van der Waals surface area contributed by atoms with Crippen LogP contribution >= 0.6 is 0 Å². The molecular formula is C17H12FN3O6. The van der Waals surface area contributed by atoms with E-state index in [0.29, 0.717) is 17.4 Å². The summed E-state index contributed by atoms with van der Waals surface area (Å²) in [5, 5.41) is 21.7. The minimum Gasteiger partial charge on any atom is -0.482 e. The highest BCUT2D eigenvalue weighted by Crippen LogP contribution is 2.24. The van der Waals surface area contributed by atoms with E-state index in [4.69, 9.17) is 14.7 Å². The summed E-state index contributed by atoms with van der Waals surface area (Å²) in [6, 6.07) is 10.6. The van der Waals surface area contributed by atoms with Gasteiger partial charge in [0.25, 0.3) is 11.6 Å². The molecule has 0 spiro atoms. The highest BCUT2D eigenvalue weighted by atomic mass is 19.1. The predicted octanol–water partition coefficient (Wildman–Crippen LogP) is 2.17. The summed E-state index contributed by atoms with van der Waals surface area (Å²) >= 11 is 0. The van der Waals surface area contributed by atoms with Crippen LogP contribution in [0.5, 0.6) is 5.75 Å². The summed E-state index contributed by atoms with van der Waals surface area (Å²) in [4.78, 5) is 33.3. The Balaban J connectivity index is 1.82. The normalized spacial score (nSPS) is 9.78. The fraction of sp³-hybridized carbons (Fsp3) is 0.118. The fourth-order valence-corrected chi connectivity index (χ4v) is 1.90. The maximum absolute atomic E-state index is 13.0. The maximum atomic E-state index is 13.0. The van der Waals surface area contributed by atoms with Gasteiger partial charge in [0, 0.05) is 0 Å². The Hall–Kier alpha value is -4.00. The summed E-state index contributed by atoms with van der Waals surface area (Å²) in [6.45, 7) is -1.18. The molecule has 27 heavy (non-hydrogen) atoms. The number of nitro groups is 1. The minimum atomic E-state index is -0.851. The van der Waals surface area contributed by atoms with Crippen molar-refractivity contribution in [3.63, 3.8) is 0 Å². The largest absolute Gasteiger partial charge is 0.482 e. The number of amides is 1.